The zero-order valence-corrected chi connectivity index (χ0v) is 15.8. The highest BCUT2D eigenvalue weighted by Gasteiger charge is 2.23. The Bertz CT molecular complexity index is 937. The van der Waals surface area contributed by atoms with Crippen molar-refractivity contribution in [3.8, 4) is 29.2 Å². The molecule has 2 heterocycles. The van der Waals surface area contributed by atoms with Gasteiger partial charge in [0.2, 0.25) is 11.8 Å². The lowest BCUT2D eigenvalue weighted by atomic mass is 10.1. The first-order valence-corrected chi connectivity index (χ1v) is 8.19. The molecule has 0 fully saturated rings. The van der Waals surface area contributed by atoms with Crippen LogP contribution < -0.4 is 14.2 Å². The largest absolute Gasteiger partial charge is 0.481 e. The molecule has 0 aliphatic rings. The first-order valence-electron chi connectivity index (χ1n) is 8.19. The van der Waals surface area contributed by atoms with Crippen molar-refractivity contribution in [2.75, 3.05) is 28.3 Å². The van der Waals surface area contributed by atoms with Gasteiger partial charge in [0.05, 0.1) is 26.0 Å². The van der Waals surface area contributed by atoms with Crippen LogP contribution in [0.3, 0.4) is 0 Å². The normalized spacial score (nSPS) is 10.6. The maximum absolute atomic E-state index is 12.8. The summed E-state index contributed by atoms with van der Waals surface area (Å²) >= 11 is 0. The molecule has 0 N–H and O–H groups in total. The van der Waals surface area contributed by atoms with E-state index < -0.39 is 5.97 Å². The van der Waals surface area contributed by atoms with E-state index in [9.17, 15) is 4.79 Å². The summed E-state index contributed by atoms with van der Waals surface area (Å²) in [7, 11) is 6.13. The van der Waals surface area contributed by atoms with Crippen LogP contribution in [0.25, 0.3) is 5.69 Å². The van der Waals surface area contributed by atoms with Crippen LogP contribution in [0.4, 0.5) is 0 Å². The average molecular weight is 385 g/mol. The van der Waals surface area contributed by atoms with Crippen molar-refractivity contribution in [2.24, 2.45) is 0 Å². The Hall–Kier alpha value is -3.66. The Kier molecular flexibility index (Phi) is 5.70. The summed E-state index contributed by atoms with van der Waals surface area (Å²) in [4.78, 5) is 26.2. The van der Waals surface area contributed by atoms with E-state index in [2.05, 4.69) is 15.1 Å². The summed E-state index contributed by atoms with van der Waals surface area (Å²) in [6.45, 7) is 0. The molecular weight excluding hydrogens is 366 g/mol. The number of aromatic nitrogens is 4. The van der Waals surface area contributed by atoms with E-state index in [-0.39, 0.29) is 29.1 Å². The van der Waals surface area contributed by atoms with Crippen molar-refractivity contribution in [2.45, 2.75) is 0 Å². The van der Waals surface area contributed by atoms with Crippen LogP contribution in [-0.4, -0.2) is 59.1 Å². The maximum Gasteiger partial charge on any atom is 0.363 e. The number of ether oxygens (including phenoxy) is 3. The summed E-state index contributed by atoms with van der Waals surface area (Å²) in [6.07, 6.45) is 3.31. The van der Waals surface area contributed by atoms with Crippen molar-refractivity contribution in [3.05, 3.63) is 48.3 Å². The van der Waals surface area contributed by atoms with E-state index in [1.54, 1.807) is 50.8 Å². The van der Waals surface area contributed by atoms with Gasteiger partial charge in [0.1, 0.15) is 11.3 Å². The number of hydrogen-bond donors (Lipinski definition) is 0. The standard InChI is InChI=1S/C18H19N5O5/c1-22(2)28-17(24)16-12(23-10-6-9-19-23)7-5-8-13(16)27-18-20-14(25-3)11-15(21-18)26-4/h5-11H,1-4H3. The predicted molar refractivity (Wildman–Crippen MR) is 97.9 cm³/mol. The third kappa shape index (κ3) is 4.18. The quantitative estimate of drug-likeness (QED) is 0.566. The second-order valence-corrected chi connectivity index (χ2v) is 5.63. The Morgan fingerprint density at radius 2 is 1.79 bits per heavy atom. The maximum atomic E-state index is 12.8. The van der Waals surface area contributed by atoms with Crippen molar-refractivity contribution in [1.82, 2.24) is 24.8 Å². The van der Waals surface area contributed by atoms with Gasteiger partial charge in [-0.1, -0.05) is 6.07 Å². The van der Waals surface area contributed by atoms with Gasteiger partial charge in [-0.3, -0.25) is 0 Å². The molecule has 0 atom stereocenters. The number of hydrogen-bond acceptors (Lipinski definition) is 9. The van der Waals surface area contributed by atoms with E-state index in [0.29, 0.717) is 5.69 Å². The first-order chi connectivity index (χ1) is 13.5. The minimum absolute atomic E-state index is 0.0484. The highest BCUT2D eigenvalue weighted by atomic mass is 16.7. The van der Waals surface area contributed by atoms with Gasteiger partial charge in [0.25, 0.3) is 0 Å². The number of rotatable bonds is 7. The van der Waals surface area contributed by atoms with Crippen LogP contribution in [-0.2, 0) is 4.84 Å². The van der Waals surface area contributed by atoms with Gasteiger partial charge in [-0.05, 0) is 18.2 Å². The molecule has 0 bridgehead atoms. The van der Waals surface area contributed by atoms with Gasteiger partial charge in [-0.2, -0.15) is 15.1 Å². The molecule has 0 aliphatic carbocycles. The molecule has 2 aromatic heterocycles. The second-order valence-electron chi connectivity index (χ2n) is 5.63. The lowest BCUT2D eigenvalue weighted by Crippen LogP contribution is -2.20. The average Bonchev–Trinajstić information content (AvgIpc) is 3.21. The second kappa shape index (κ2) is 8.35. The van der Waals surface area contributed by atoms with Crippen LogP contribution in [0.2, 0.25) is 0 Å². The molecule has 10 nitrogen and oxygen atoms in total. The first kappa shape index (κ1) is 19.1. The van der Waals surface area contributed by atoms with Crippen molar-refractivity contribution in [3.63, 3.8) is 0 Å². The zero-order valence-electron chi connectivity index (χ0n) is 15.8. The molecule has 28 heavy (non-hydrogen) atoms. The third-order valence-corrected chi connectivity index (χ3v) is 3.50. The van der Waals surface area contributed by atoms with E-state index in [0.717, 1.165) is 0 Å². The molecule has 3 aromatic rings. The molecular formula is C18H19N5O5. The molecule has 1 aromatic carbocycles. The van der Waals surface area contributed by atoms with Crippen molar-refractivity contribution >= 4 is 5.97 Å². The van der Waals surface area contributed by atoms with Gasteiger partial charge in [0.15, 0.2) is 0 Å². The third-order valence-electron chi connectivity index (χ3n) is 3.50. The molecule has 146 valence electrons. The van der Waals surface area contributed by atoms with Crippen LogP contribution in [0.15, 0.2) is 42.7 Å². The molecule has 0 radical (unpaired) electrons. The van der Waals surface area contributed by atoms with Crippen LogP contribution in [0.1, 0.15) is 10.4 Å². The van der Waals surface area contributed by atoms with Crippen LogP contribution in [0, 0.1) is 0 Å². The number of benzene rings is 1. The highest BCUT2D eigenvalue weighted by Crippen LogP contribution is 2.30. The van der Waals surface area contributed by atoms with Crippen LogP contribution in [0.5, 0.6) is 23.5 Å². The Morgan fingerprint density at radius 3 is 2.36 bits per heavy atom. The lowest BCUT2D eigenvalue weighted by molar-refractivity contribution is -0.0714. The van der Waals surface area contributed by atoms with Gasteiger partial charge in [-0.15, -0.1) is 5.06 Å². The van der Waals surface area contributed by atoms with Gasteiger partial charge >= 0.3 is 12.0 Å². The van der Waals surface area contributed by atoms with E-state index in [1.165, 1.54) is 30.0 Å². The fourth-order valence-electron chi connectivity index (χ4n) is 2.36. The predicted octanol–water partition coefficient (Wildman–Crippen LogP) is 2.11. The molecule has 0 amide bonds. The summed E-state index contributed by atoms with van der Waals surface area (Å²) in [5.41, 5.74) is 0.634. The molecule has 10 heteroatoms. The van der Waals surface area contributed by atoms with Gasteiger partial charge in [0, 0.05) is 26.5 Å². The highest BCUT2D eigenvalue weighted by molar-refractivity contribution is 5.96. The number of hydroxylamine groups is 2. The Labute approximate surface area is 161 Å². The van der Waals surface area contributed by atoms with Crippen molar-refractivity contribution in [1.29, 1.82) is 0 Å². The number of carbonyl (C=O) groups excluding carboxylic acids is 1. The molecule has 0 saturated carbocycles. The summed E-state index contributed by atoms with van der Waals surface area (Å²) < 4.78 is 17.6. The number of carbonyl (C=O) groups is 1. The van der Waals surface area contributed by atoms with E-state index >= 15 is 0 Å². The van der Waals surface area contributed by atoms with E-state index in [4.69, 9.17) is 19.0 Å². The zero-order chi connectivity index (χ0) is 20.1. The number of nitrogens with zero attached hydrogens (tertiary/aromatic N) is 5. The topological polar surface area (TPSA) is 101 Å². The molecule has 0 saturated heterocycles. The SMILES string of the molecule is COc1cc(OC)nc(Oc2cccc(-n3cccn3)c2C(=O)ON(C)C)n1. The van der Waals surface area contributed by atoms with Gasteiger partial charge < -0.3 is 19.0 Å². The minimum atomic E-state index is -0.624. The fourth-order valence-corrected chi connectivity index (χ4v) is 2.36. The number of methoxy groups -OCH3 is 2. The van der Waals surface area contributed by atoms with Gasteiger partial charge in [-0.25, -0.2) is 9.48 Å². The van der Waals surface area contributed by atoms with Crippen molar-refractivity contribution < 1.29 is 23.8 Å². The van der Waals surface area contributed by atoms with Crippen LogP contribution >= 0.6 is 0 Å². The Morgan fingerprint density at radius 1 is 1.07 bits per heavy atom. The summed E-state index contributed by atoms with van der Waals surface area (Å²) in [5.74, 6) is 0.0705. The molecule has 0 spiro atoms. The Balaban J connectivity index is 2.08. The fraction of sp³-hybridized carbons (Fsp3) is 0.222. The molecule has 3 rings (SSSR count). The molecule has 0 unspecified atom stereocenters. The monoisotopic (exact) mass is 385 g/mol. The molecule has 0 aliphatic heterocycles. The lowest BCUT2D eigenvalue weighted by Gasteiger charge is -2.16. The summed E-state index contributed by atoms with van der Waals surface area (Å²) in [6, 6.07) is 8.25. The van der Waals surface area contributed by atoms with E-state index in [1.807, 2.05) is 0 Å². The summed E-state index contributed by atoms with van der Waals surface area (Å²) in [5, 5.41) is 5.47. The smallest absolute Gasteiger partial charge is 0.363 e. The minimum Gasteiger partial charge on any atom is -0.481 e.